The summed E-state index contributed by atoms with van der Waals surface area (Å²) in [6.07, 6.45) is 2.09. The van der Waals surface area contributed by atoms with Crippen LogP contribution in [0.4, 0.5) is 0 Å². The van der Waals surface area contributed by atoms with E-state index in [2.05, 4.69) is 22.3 Å². The maximum absolute atomic E-state index is 12.3. The predicted octanol–water partition coefficient (Wildman–Crippen LogP) is 2.92. The van der Waals surface area contributed by atoms with E-state index in [0.717, 1.165) is 48.7 Å². The average Bonchev–Trinajstić information content (AvgIpc) is 3.21. The van der Waals surface area contributed by atoms with E-state index in [0.29, 0.717) is 25.8 Å². The zero-order valence-corrected chi connectivity index (χ0v) is 16.1. The molecule has 4 rings (SSSR count). The van der Waals surface area contributed by atoms with Gasteiger partial charge >= 0.3 is 0 Å². The first-order chi connectivity index (χ1) is 13.7. The monoisotopic (exact) mass is 382 g/mol. The van der Waals surface area contributed by atoms with E-state index in [1.165, 1.54) is 5.56 Å². The van der Waals surface area contributed by atoms with Crippen molar-refractivity contribution in [1.82, 2.24) is 10.2 Å². The summed E-state index contributed by atoms with van der Waals surface area (Å²) in [7, 11) is 1.64. The fourth-order valence-corrected chi connectivity index (χ4v) is 3.83. The zero-order chi connectivity index (χ0) is 19.3. The molecule has 1 fully saturated rings. The van der Waals surface area contributed by atoms with Gasteiger partial charge in [-0.1, -0.05) is 18.2 Å². The van der Waals surface area contributed by atoms with Crippen LogP contribution in [0.15, 0.2) is 42.5 Å². The van der Waals surface area contributed by atoms with E-state index in [-0.39, 0.29) is 5.91 Å². The number of amides is 1. The topological polar surface area (TPSA) is 60.0 Å². The first kappa shape index (κ1) is 18.6. The molecule has 6 nitrogen and oxygen atoms in total. The molecule has 0 radical (unpaired) electrons. The number of carbonyl (C=O) groups is 1. The number of likely N-dealkylation sites (tertiary alicyclic amines) is 1. The van der Waals surface area contributed by atoms with Crippen molar-refractivity contribution in [1.29, 1.82) is 0 Å². The molecular formula is C22H26N2O4. The summed E-state index contributed by atoms with van der Waals surface area (Å²) < 4.78 is 16.1. The fourth-order valence-electron chi connectivity index (χ4n) is 3.83. The number of fused-ring (bicyclic) bond motifs is 1. The van der Waals surface area contributed by atoms with Gasteiger partial charge in [0.15, 0.2) is 11.5 Å². The second-order valence-corrected chi connectivity index (χ2v) is 7.29. The Morgan fingerprint density at radius 2 is 1.96 bits per heavy atom. The standard InChI is InChI=1S/C22H26N2O4/c1-26-19-4-2-3-16(11-19)13-23-22(25)14-24-9-7-17(8-10-24)18-5-6-20-21(12-18)28-15-27-20/h2-6,11-12,17H,7-10,13-15H2,1H3,(H,23,25). The van der Waals surface area contributed by atoms with Crippen LogP contribution in [0.25, 0.3) is 0 Å². The average molecular weight is 382 g/mol. The molecule has 0 atom stereocenters. The summed E-state index contributed by atoms with van der Waals surface area (Å²) in [5, 5.41) is 3.00. The normalized spacial score (nSPS) is 16.8. The van der Waals surface area contributed by atoms with Gasteiger partial charge in [0, 0.05) is 6.54 Å². The molecular weight excluding hydrogens is 356 g/mol. The van der Waals surface area contributed by atoms with Crippen molar-refractivity contribution in [2.24, 2.45) is 0 Å². The molecule has 6 heteroatoms. The number of nitrogens with zero attached hydrogens (tertiary/aromatic N) is 1. The Labute approximate surface area is 165 Å². The quantitative estimate of drug-likeness (QED) is 0.832. The molecule has 1 saturated heterocycles. The van der Waals surface area contributed by atoms with E-state index >= 15 is 0 Å². The van der Waals surface area contributed by atoms with Crippen LogP contribution in [0.5, 0.6) is 17.2 Å². The van der Waals surface area contributed by atoms with E-state index < -0.39 is 0 Å². The van der Waals surface area contributed by atoms with Gasteiger partial charge < -0.3 is 19.5 Å². The molecule has 0 spiro atoms. The molecule has 1 N–H and O–H groups in total. The highest BCUT2D eigenvalue weighted by atomic mass is 16.7. The van der Waals surface area contributed by atoms with Crippen LogP contribution < -0.4 is 19.5 Å². The number of nitrogens with one attached hydrogen (secondary N) is 1. The Bertz CT molecular complexity index is 831. The maximum atomic E-state index is 12.3. The van der Waals surface area contributed by atoms with Gasteiger partial charge in [-0.2, -0.15) is 0 Å². The highest BCUT2D eigenvalue weighted by Crippen LogP contribution is 2.37. The molecule has 2 aliphatic rings. The second kappa shape index (κ2) is 8.52. The summed E-state index contributed by atoms with van der Waals surface area (Å²) in [5.74, 6) is 3.04. The van der Waals surface area contributed by atoms with Crippen molar-refractivity contribution in [2.45, 2.75) is 25.3 Å². The molecule has 0 saturated carbocycles. The lowest BCUT2D eigenvalue weighted by atomic mass is 9.89. The molecule has 148 valence electrons. The number of rotatable bonds is 6. The third kappa shape index (κ3) is 4.39. The molecule has 2 aromatic rings. The van der Waals surface area contributed by atoms with Crippen molar-refractivity contribution in [3.8, 4) is 17.2 Å². The van der Waals surface area contributed by atoms with Crippen LogP contribution in [-0.2, 0) is 11.3 Å². The van der Waals surface area contributed by atoms with Gasteiger partial charge in [0.25, 0.3) is 0 Å². The Morgan fingerprint density at radius 1 is 1.14 bits per heavy atom. The number of benzene rings is 2. The molecule has 1 amide bonds. The lowest BCUT2D eigenvalue weighted by molar-refractivity contribution is -0.122. The van der Waals surface area contributed by atoms with Crippen molar-refractivity contribution in [3.63, 3.8) is 0 Å². The molecule has 0 aliphatic carbocycles. The summed E-state index contributed by atoms with van der Waals surface area (Å²) in [6.45, 7) is 3.11. The molecule has 0 bridgehead atoms. The SMILES string of the molecule is COc1cccc(CNC(=O)CN2CCC(c3ccc4c(c3)OCO4)CC2)c1. The lowest BCUT2D eigenvalue weighted by Crippen LogP contribution is -2.41. The van der Waals surface area contributed by atoms with Crippen molar-refractivity contribution >= 4 is 5.91 Å². The van der Waals surface area contributed by atoms with Crippen molar-refractivity contribution in [3.05, 3.63) is 53.6 Å². The zero-order valence-electron chi connectivity index (χ0n) is 16.1. The lowest BCUT2D eigenvalue weighted by Gasteiger charge is -2.31. The Balaban J connectivity index is 1.23. The molecule has 2 aromatic carbocycles. The number of ether oxygens (including phenoxy) is 3. The van der Waals surface area contributed by atoms with E-state index in [9.17, 15) is 4.79 Å². The van der Waals surface area contributed by atoms with E-state index in [1.807, 2.05) is 30.3 Å². The predicted molar refractivity (Wildman–Crippen MR) is 106 cm³/mol. The van der Waals surface area contributed by atoms with Crippen molar-refractivity contribution < 1.29 is 19.0 Å². The number of piperidine rings is 1. The largest absolute Gasteiger partial charge is 0.497 e. The van der Waals surface area contributed by atoms with Crippen LogP contribution >= 0.6 is 0 Å². The van der Waals surface area contributed by atoms with Gasteiger partial charge in [-0.25, -0.2) is 0 Å². The maximum Gasteiger partial charge on any atom is 0.234 e. The third-order valence-electron chi connectivity index (χ3n) is 5.45. The first-order valence-corrected chi connectivity index (χ1v) is 9.73. The second-order valence-electron chi connectivity index (χ2n) is 7.29. The summed E-state index contributed by atoms with van der Waals surface area (Å²) in [6, 6.07) is 14.0. The van der Waals surface area contributed by atoms with Crippen molar-refractivity contribution in [2.75, 3.05) is 33.5 Å². The minimum Gasteiger partial charge on any atom is -0.497 e. The van der Waals surface area contributed by atoms with E-state index in [1.54, 1.807) is 7.11 Å². The number of hydrogen-bond donors (Lipinski definition) is 1. The molecule has 2 aliphatic heterocycles. The highest BCUT2D eigenvalue weighted by Gasteiger charge is 2.24. The smallest absolute Gasteiger partial charge is 0.234 e. The third-order valence-corrected chi connectivity index (χ3v) is 5.45. The van der Waals surface area contributed by atoms with Crippen LogP contribution in [0.1, 0.15) is 29.9 Å². The van der Waals surface area contributed by atoms with Gasteiger partial charge in [0.1, 0.15) is 5.75 Å². The Hall–Kier alpha value is -2.73. The van der Waals surface area contributed by atoms with E-state index in [4.69, 9.17) is 14.2 Å². The Morgan fingerprint density at radius 3 is 2.79 bits per heavy atom. The molecule has 0 aromatic heterocycles. The van der Waals surface area contributed by atoms with Gasteiger partial charge in [0.05, 0.1) is 13.7 Å². The van der Waals surface area contributed by atoms with Crippen LogP contribution in [-0.4, -0.2) is 44.3 Å². The fraction of sp³-hybridized carbons (Fsp3) is 0.409. The van der Waals surface area contributed by atoms with Gasteiger partial charge in [-0.05, 0) is 67.2 Å². The number of carbonyl (C=O) groups excluding carboxylic acids is 1. The summed E-state index contributed by atoms with van der Waals surface area (Å²) in [5.41, 5.74) is 2.33. The van der Waals surface area contributed by atoms with Gasteiger partial charge in [0.2, 0.25) is 12.7 Å². The molecule has 0 unspecified atom stereocenters. The summed E-state index contributed by atoms with van der Waals surface area (Å²) in [4.78, 5) is 14.5. The van der Waals surface area contributed by atoms with Gasteiger partial charge in [-0.3, -0.25) is 9.69 Å². The Kier molecular flexibility index (Phi) is 5.67. The van der Waals surface area contributed by atoms with Gasteiger partial charge in [-0.15, -0.1) is 0 Å². The summed E-state index contributed by atoms with van der Waals surface area (Å²) >= 11 is 0. The number of hydrogen-bond acceptors (Lipinski definition) is 5. The first-order valence-electron chi connectivity index (χ1n) is 9.73. The van der Waals surface area contributed by atoms with Crippen LogP contribution in [0.2, 0.25) is 0 Å². The number of methoxy groups -OCH3 is 1. The van der Waals surface area contributed by atoms with Crippen LogP contribution in [0, 0.1) is 0 Å². The van der Waals surface area contributed by atoms with Crippen LogP contribution in [0.3, 0.4) is 0 Å². The minimum atomic E-state index is 0.0596. The molecule has 28 heavy (non-hydrogen) atoms. The molecule has 2 heterocycles. The minimum absolute atomic E-state index is 0.0596. The highest BCUT2D eigenvalue weighted by molar-refractivity contribution is 5.78.